The first-order valence-corrected chi connectivity index (χ1v) is 9.64. The van der Waals surface area contributed by atoms with E-state index in [1.54, 1.807) is 13.8 Å². The number of ether oxygens (including phenoxy) is 1. The van der Waals surface area contributed by atoms with E-state index in [1.807, 2.05) is 20.8 Å². The van der Waals surface area contributed by atoms with Crippen LogP contribution >= 0.6 is 0 Å². The molecule has 2 aromatic carbocycles. The van der Waals surface area contributed by atoms with Gasteiger partial charge in [0.2, 0.25) is 0 Å². The Labute approximate surface area is 157 Å². The lowest BCUT2D eigenvalue weighted by Crippen LogP contribution is -2.18. The predicted molar refractivity (Wildman–Crippen MR) is 98.9 cm³/mol. The first-order chi connectivity index (χ1) is 12.3. The van der Waals surface area contributed by atoms with E-state index >= 15 is 0 Å². The maximum atomic E-state index is 13.2. The third kappa shape index (κ3) is 3.90. The number of sulfonamides is 1. The highest BCUT2D eigenvalue weighted by Crippen LogP contribution is 2.38. The average molecular weight is 401 g/mol. The quantitative estimate of drug-likeness (QED) is 0.779. The van der Waals surface area contributed by atoms with Crippen LogP contribution in [0.25, 0.3) is 0 Å². The molecule has 27 heavy (non-hydrogen) atoms. The molecule has 0 bridgehead atoms. The number of alkyl halides is 3. The van der Waals surface area contributed by atoms with Crippen LogP contribution in [0.2, 0.25) is 0 Å². The van der Waals surface area contributed by atoms with Crippen LogP contribution in [0.1, 0.15) is 33.4 Å². The molecule has 0 saturated carbocycles. The fraction of sp³-hybridized carbons (Fsp3) is 0.368. The van der Waals surface area contributed by atoms with E-state index in [4.69, 9.17) is 4.74 Å². The van der Waals surface area contributed by atoms with Gasteiger partial charge in [-0.3, -0.25) is 4.72 Å². The van der Waals surface area contributed by atoms with Gasteiger partial charge < -0.3 is 4.74 Å². The van der Waals surface area contributed by atoms with Gasteiger partial charge in [0.1, 0.15) is 5.75 Å². The fourth-order valence-electron chi connectivity index (χ4n) is 3.07. The molecule has 0 atom stereocenters. The molecule has 0 spiro atoms. The van der Waals surface area contributed by atoms with Gasteiger partial charge in [0, 0.05) is 5.69 Å². The summed E-state index contributed by atoms with van der Waals surface area (Å²) in [4.78, 5) is 0.0903. The van der Waals surface area contributed by atoms with E-state index in [2.05, 4.69) is 4.72 Å². The summed E-state index contributed by atoms with van der Waals surface area (Å²) in [5, 5.41) is 0. The summed E-state index contributed by atoms with van der Waals surface area (Å²) in [6.07, 6.45) is -4.67. The van der Waals surface area contributed by atoms with Crippen LogP contribution in [0.5, 0.6) is 5.75 Å². The van der Waals surface area contributed by atoms with E-state index in [0.717, 1.165) is 35.9 Å². The summed E-state index contributed by atoms with van der Waals surface area (Å²) in [5.41, 5.74) is 2.59. The summed E-state index contributed by atoms with van der Waals surface area (Å²) in [7, 11) is -2.95. The Morgan fingerprint density at radius 3 is 1.81 bits per heavy atom. The van der Waals surface area contributed by atoms with Gasteiger partial charge in [0.25, 0.3) is 10.0 Å². The first kappa shape index (κ1) is 21.1. The van der Waals surface area contributed by atoms with Gasteiger partial charge in [0.15, 0.2) is 0 Å². The Morgan fingerprint density at radius 2 is 1.37 bits per heavy atom. The van der Waals surface area contributed by atoms with E-state index in [-0.39, 0.29) is 16.3 Å². The van der Waals surface area contributed by atoms with Gasteiger partial charge in [0.05, 0.1) is 17.6 Å². The van der Waals surface area contributed by atoms with Crippen molar-refractivity contribution in [2.24, 2.45) is 0 Å². The smallest absolute Gasteiger partial charge is 0.420 e. The Kier molecular flexibility index (Phi) is 5.52. The van der Waals surface area contributed by atoms with Crippen LogP contribution in [0.15, 0.2) is 23.1 Å². The van der Waals surface area contributed by atoms with Gasteiger partial charge in [-0.15, -0.1) is 0 Å². The summed E-state index contributed by atoms with van der Waals surface area (Å²) in [6.45, 7) is 8.95. The number of halogens is 3. The van der Waals surface area contributed by atoms with Gasteiger partial charge in [-0.2, -0.15) is 13.2 Å². The lowest BCUT2D eigenvalue weighted by molar-refractivity contribution is -0.138. The van der Waals surface area contributed by atoms with Crippen LogP contribution in [-0.2, 0) is 16.2 Å². The number of rotatable bonds is 4. The van der Waals surface area contributed by atoms with Crippen LogP contribution in [0, 0.1) is 34.6 Å². The minimum Gasteiger partial charge on any atom is -0.496 e. The highest BCUT2D eigenvalue weighted by Gasteiger charge is 2.35. The molecule has 0 aromatic heterocycles. The van der Waals surface area contributed by atoms with Gasteiger partial charge >= 0.3 is 6.18 Å². The van der Waals surface area contributed by atoms with Crippen molar-refractivity contribution in [3.63, 3.8) is 0 Å². The van der Waals surface area contributed by atoms with Gasteiger partial charge in [-0.05, 0) is 80.6 Å². The van der Waals surface area contributed by atoms with Crippen molar-refractivity contribution in [2.45, 2.75) is 45.7 Å². The Balaban J connectivity index is 2.59. The zero-order chi connectivity index (χ0) is 20.7. The molecule has 0 heterocycles. The third-order valence-electron chi connectivity index (χ3n) is 4.96. The van der Waals surface area contributed by atoms with Crippen molar-refractivity contribution in [3.8, 4) is 5.75 Å². The van der Waals surface area contributed by atoms with Crippen molar-refractivity contribution >= 4 is 15.7 Å². The van der Waals surface area contributed by atoms with Crippen molar-refractivity contribution in [1.29, 1.82) is 0 Å². The Bertz CT molecular complexity index is 967. The molecule has 0 unspecified atom stereocenters. The fourth-order valence-corrected chi connectivity index (χ4v) is 4.72. The molecule has 2 aromatic rings. The lowest BCUT2D eigenvalue weighted by atomic mass is 9.95. The highest BCUT2D eigenvalue weighted by molar-refractivity contribution is 7.92. The monoisotopic (exact) mass is 401 g/mol. The molecular weight excluding hydrogens is 379 g/mol. The molecule has 2 rings (SSSR count). The second-order valence-electron chi connectivity index (χ2n) is 6.47. The van der Waals surface area contributed by atoms with Crippen LogP contribution < -0.4 is 9.46 Å². The second-order valence-corrected chi connectivity index (χ2v) is 8.09. The van der Waals surface area contributed by atoms with Gasteiger partial charge in [-0.25, -0.2) is 8.42 Å². The van der Waals surface area contributed by atoms with E-state index in [1.165, 1.54) is 6.07 Å². The number of benzene rings is 2. The number of hydrogen-bond acceptors (Lipinski definition) is 3. The van der Waals surface area contributed by atoms with Crippen LogP contribution in [0.3, 0.4) is 0 Å². The van der Waals surface area contributed by atoms with Crippen LogP contribution in [-0.4, -0.2) is 15.5 Å². The van der Waals surface area contributed by atoms with Crippen molar-refractivity contribution < 1.29 is 26.3 Å². The lowest BCUT2D eigenvalue weighted by Gasteiger charge is -2.20. The molecule has 0 saturated heterocycles. The Morgan fingerprint density at radius 1 is 0.889 bits per heavy atom. The molecule has 0 aliphatic heterocycles. The SMILES string of the molecule is COc1ccc(NS(=O)(=O)c2c(C)c(C)c(C)c(C)c2C)cc1C(F)(F)F. The summed E-state index contributed by atoms with van der Waals surface area (Å²) in [6, 6.07) is 3.06. The van der Waals surface area contributed by atoms with E-state index < -0.39 is 21.8 Å². The molecule has 0 radical (unpaired) electrons. The largest absolute Gasteiger partial charge is 0.496 e. The number of methoxy groups -OCH3 is 1. The molecule has 0 aliphatic rings. The molecular formula is C19H22F3NO3S. The zero-order valence-corrected chi connectivity index (χ0v) is 16.8. The molecule has 0 fully saturated rings. The van der Waals surface area contributed by atoms with E-state index in [0.29, 0.717) is 11.1 Å². The number of anilines is 1. The third-order valence-corrected chi connectivity index (χ3v) is 6.61. The average Bonchev–Trinajstić information content (AvgIpc) is 2.57. The first-order valence-electron chi connectivity index (χ1n) is 8.16. The van der Waals surface area contributed by atoms with Crippen molar-refractivity contribution in [2.75, 3.05) is 11.8 Å². The Hall–Kier alpha value is -2.22. The molecule has 0 aliphatic carbocycles. The second kappa shape index (κ2) is 7.07. The maximum absolute atomic E-state index is 13.2. The van der Waals surface area contributed by atoms with Crippen molar-refractivity contribution in [3.05, 3.63) is 51.6 Å². The molecule has 4 nitrogen and oxygen atoms in total. The summed E-state index contributed by atoms with van der Waals surface area (Å²) >= 11 is 0. The van der Waals surface area contributed by atoms with E-state index in [9.17, 15) is 21.6 Å². The maximum Gasteiger partial charge on any atom is 0.420 e. The minimum atomic E-state index is -4.67. The standard InChI is InChI=1S/C19H22F3NO3S/c1-10-11(2)13(4)18(14(5)12(10)3)27(24,25)23-15-7-8-17(26-6)16(9-15)19(20,21)22/h7-9,23H,1-6H3. The summed E-state index contributed by atoms with van der Waals surface area (Å²) in [5.74, 6) is -0.375. The zero-order valence-electron chi connectivity index (χ0n) is 16.0. The van der Waals surface area contributed by atoms with Gasteiger partial charge in [-0.1, -0.05) is 0 Å². The number of nitrogens with one attached hydrogen (secondary N) is 1. The molecule has 8 heteroatoms. The molecule has 0 amide bonds. The predicted octanol–water partition coefficient (Wildman–Crippen LogP) is 5.06. The molecule has 148 valence electrons. The molecule has 1 N–H and O–H groups in total. The van der Waals surface area contributed by atoms with Crippen LogP contribution in [0.4, 0.5) is 18.9 Å². The summed E-state index contributed by atoms with van der Waals surface area (Å²) < 4.78 is 72.5. The normalized spacial score (nSPS) is 12.2. The topological polar surface area (TPSA) is 55.4 Å². The minimum absolute atomic E-state index is 0.0903. The number of hydrogen-bond donors (Lipinski definition) is 1. The highest BCUT2D eigenvalue weighted by atomic mass is 32.2. The van der Waals surface area contributed by atoms with Crippen molar-refractivity contribution in [1.82, 2.24) is 0 Å².